The highest BCUT2D eigenvalue weighted by atomic mass is 32.1. The van der Waals surface area contributed by atoms with Gasteiger partial charge in [0.2, 0.25) is 0 Å². The Morgan fingerprint density at radius 2 is 0.966 bits per heavy atom. The quantitative estimate of drug-likeness (QED) is 0.163. The minimum absolute atomic E-state index is 0.859. The molecule has 59 heavy (non-hydrogen) atoms. The van der Waals surface area contributed by atoms with E-state index in [0.29, 0.717) is 0 Å². The van der Waals surface area contributed by atoms with Crippen molar-refractivity contribution < 1.29 is 8.83 Å². The van der Waals surface area contributed by atoms with E-state index in [1.165, 1.54) is 58.0 Å². The number of anilines is 3. The molecule has 1 aliphatic heterocycles. The van der Waals surface area contributed by atoms with Gasteiger partial charge in [-0.3, -0.25) is 0 Å². The minimum Gasteiger partial charge on any atom is -0.456 e. The molecule has 276 valence electrons. The van der Waals surface area contributed by atoms with Crippen molar-refractivity contribution in [1.29, 1.82) is 0 Å². The molecular formula is C54H33NO2SSi. The number of hydrogen-bond acceptors (Lipinski definition) is 4. The number of benzene rings is 9. The van der Waals surface area contributed by atoms with Crippen LogP contribution < -0.4 is 20.5 Å². The SMILES string of the molecule is c1ccc([SiH]2c3ccccc3-c3c2ccc2sc4cccc(-c5ccc(N(c6ccc7c(c6)oc6ccccc67)c6ccc7c(c6)oc6ccccc67)cc5)c4c32)cc1. The predicted octanol–water partition coefficient (Wildman–Crippen LogP) is 13.2. The molecule has 9 aromatic carbocycles. The van der Waals surface area contributed by atoms with Crippen LogP contribution in [0.2, 0.25) is 0 Å². The van der Waals surface area contributed by atoms with E-state index in [-0.39, 0.29) is 0 Å². The fourth-order valence-corrected chi connectivity index (χ4v) is 14.3. The van der Waals surface area contributed by atoms with Crippen molar-refractivity contribution >= 4 is 117 Å². The average Bonchev–Trinajstić information content (AvgIpc) is 4.05. The summed E-state index contributed by atoms with van der Waals surface area (Å²) in [5.41, 5.74) is 11.9. The zero-order valence-electron chi connectivity index (χ0n) is 31.7. The maximum atomic E-state index is 6.41. The van der Waals surface area contributed by atoms with E-state index in [0.717, 1.165) is 60.9 Å². The Balaban J connectivity index is 0.980. The highest BCUT2D eigenvalue weighted by Crippen LogP contribution is 2.46. The summed E-state index contributed by atoms with van der Waals surface area (Å²) in [7, 11) is -1.63. The van der Waals surface area contributed by atoms with E-state index in [1.807, 2.05) is 35.6 Å². The van der Waals surface area contributed by atoms with Crippen LogP contribution in [0.15, 0.2) is 203 Å². The van der Waals surface area contributed by atoms with Crippen LogP contribution >= 0.6 is 11.3 Å². The molecule has 0 aliphatic carbocycles. The lowest BCUT2D eigenvalue weighted by Gasteiger charge is -2.25. The van der Waals surface area contributed by atoms with Crippen LogP contribution in [0.5, 0.6) is 0 Å². The maximum Gasteiger partial charge on any atom is 0.137 e. The second-order valence-electron chi connectivity index (χ2n) is 15.6. The lowest BCUT2D eigenvalue weighted by atomic mass is 9.94. The average molecular weight is 788 g/mol. The molecule has 0 spiro atoms. The molecule has 5 heteroatoms. The van der Waals surface area contributed by atoms with Gasteiger partial charge < -0.3 is 13.7 Å². The van der Waals surface area contributed by atoms with Gasteiger partial charge in [0, 0.05) is 70.9 Å². The lowest BCUT2D eigenvalue weighted by molar-refractivity contribution is 0.669. The Kier molecular flexibility index (Phi) is 7.05. The van der Waals surface area contributed by atoms with Crippen molar-refractivity contribution in [3.8, 4) is 22.3 Å². The molecule has 0 N–H and O–H groups in total. The molecule has 1 aliphatic rings. The van der Waals surface area contributed by atoms with Crippen molar-refractivity contribution in [3.63, 3.8) is 0 Å². The number of thiophene rings is 1. The predicted molar refractivity (Wildman–Crippen MR) is 252 cm³/mol. The van der Waals surface area contributed by atoms with E-state index in [9.17, 15) is 0 Å². The van der Waals surface area contributed by atoms with Crippen molar-refractivity contribution in [3.05, 3.63) is 194 Å². The molecule has 4 heterocycles. The summed E-state index contributed by atoms with van der Waals surface area (Å²) in [4.78, 5) is 2.31. The lowest BCUT2D eigenvalue weighted by Crippen LogP contribution is -2.48. The molecular weight excluding hydrogens is 755 g/mol. The molecule has 0 radical (unpaired) electrons. The maximum absolute atomic E-state index is 6.41. The summed E-state index contributed by atoms with van der Waals surface area (Å²) in [6, 6.07) is 70.7. The van der Waals surface area contributed by atoms with Crippen LogP contribution in [-0.2, 0) is 0 Å². The third-order valence-corrected chi connectivity index (χ3v) is 16.8. The molecule has 13 rings (SSSR count). The Morgan fingerprint density at radius 1 is 0.390 bits per heavy atom. The van der Waals surface area contributed by atoms with Crippen molar-refractivity contribution in [2.75, 3.05) is 4.90 Å². The zero-order chi connectivity index (χ0) is 38.6. The standard InChI is InChI=1S/C54H33NO2SSi/c1-2-11-37(12-3-1)59-50-20-9-6-15-43(50)53-51(59)30-29-49-54(53)52-38(16-10-19-48(52)58-49)33-21-23-34(24-22-33)55(35-25-27-41-39-13-4-7-17-44(39)56-46(41)31-35)36-26-28-42-40-14-5-8-18-45(40)57-47(42)32-36/h1-32,59H. The third kappa shape index (κ3) is 4.92. The Morgan fingerprint density at radius 3 is 1.68 bits per heavy atom. The first-order valence-electron chi connectivity index (χ1n) is 20.1. The minimum atomic E-state index is -1.63. The fraction of sp³-hybridized carbons (Fsp3) is 0. The molecule has 0 fully saturated rings. The van der Waals surface area contributed by atoms with Crippen molar-refractivity contribution in [1.82, 2.24) is 0 Å². The van der Waals surface area contributed by atoms with Gasteiger partial charge in [0.25, 0.3) is 0 Å². The van der Waals surface area contributed by atoms with Crippen LogP contribution in [0.4, 0.5) is 17.1 Å². The van der Waals surface area contributed by atoms with Crippen LogP contribution in [0.25, 0.3) is 86.3 Å². The van der Waals surface area contributed by atoms with E-state index in [1.54, 1.807) is 0 Å². The Labute approximate surface area is 345 Å². The summed E-state index contributed by atoms with van der Waals surface area (Å²) in [5, 5.41) is 11.7. The molecule has 3 aromatic heterocycles. The summed E-state index contributed by atoms with van der Waals surface area (Å²) < 4.78 is 15.5. The second kappa shape index (κ2) is 12.7. The van der Waals surface area contributed by atoms with Gasteiger partial charge in [-0.25, -0.2) is 0 Å². The Bertz CT molecular complexity index is 3520. The van der Waals surface area contributed by atoms with Gasteiger partial charge >= 0.3 is 0 Å². The van der Waals surface area contributed by atoms with Gasteiger partial charge in [0.05, 0.1) is 0 Å². The summed E-state index contributed by atoms with van der Waals surface area (Å²) in [6.07, 6.45) is 0. The van der Waals surface area contributed by atoms with E-state index in [2.05, 4.69) is 175 Å². The molecule has 0 saturated carbocycles. The van der Waals surface area contributed by atoms with Crippen molar-refractivity contribution in [2.24, 2.45) is 0 Å². The van der Waals surface area contributed by atoms with Gasteiger partial charge in [-0.2, -0.15) is 0 Å². The summed E-state index contributed by atoms with van der Waals surface area (Å²) in [5.74, 6) is 0. The van der Waals surface area contributed by atoms with E-state index >= 15 is 0 Å². The number of furan rings is 2. The molecule has 0 saturated heterocycles. The largest absolute Gasteiger partial charge is 0.456 e. The first-order valence-corrected chi connectivity index (χ1v) is 22.7. The van der Waals surface area contributed by atoms with Crippen LogP contribution in [0.1, 0.15) is 0 Å². The molecule has 0 bridgehead atoms. The number of rotatable bonds is 5. The normalized spacial score (nSPS) is 13.6. The molecule has 0 amide bonds. The summed E-state index contributed by atoms with van der Waals surface area (Å²) >= 11 is 1.90. The number of para-hydroxylation sites is 2. The first-order chi connectivity index (χ1) is 29.2. The first kappa shape index (κ1) is 32.9. The van der Waals surface area contributed by atoms with E-state index in [4.69, 9.17) is 8.83 Å². The molecule has 1 atom stereocenters. The smallest absolute Gasteiger partial charge is 0.137 e. The molecule has 12 aromatic rings. The highest BCUT2D eigenvalue weighted by Gasteiger charge is 2.33. The fourth-order valence-electron chi connectivity index (χ4n) is 9.79. The van der Waals surface area contributed by atoms with Gasteiger partial charge in [0.15, 0.2) is 0 Å². The van der Waals surface area contributed by atoms with Gasteiger partial charge in [-0.05, 0) is 93.3 Å². The van der Waals surface area contributed by atoms with Gasteiger partial charge in [-0.1, -0.05) is 127 Å². The molecule has 3 nitrogen and oxygen atoms in total. The monoisotopic (exact) mass is 787 g/mol. The Hall–Kier alpha value is -7.18. The van der Waals surface area contributed by atoms with Gasteiger partial charge in [-0.15, -0.1) is 11.3 Å². The topological polar surface area (TPSA) is 29.5 Å². The summed E-state index contributed by atoms with van der Waals surface area (Å²) in [6.45, 7) is 0. The van der Waals surface area contributed by atoms with Crippen molar-refractivity contribution in [2.45, 2.75) is 0 Å². The van der Waals surface area contributed by atoms with Crippen LogP contribution in [0, 0.1) is 0 Å². The number of fused-ring (bicyclic) bond motifs is 13. The second-order valence-corrected chi connectivity index (χ2v) is 19.4. The van der Waals surface area contributed by atoms with Crippen LogP contribution in [0.3, 0.4) is 0 Å². The van der Waals surface area contributed by atoms with Crippen LogP contribution in [-0.4, -0.2) is 8.80 Å². The van der Waals surface area contributed by atoms with Gasteiger partial charge in [0.1, 0.15) is 31.1 Å². The molecule has 1 unspecified atom stereocenters. The third-order valence-electron chi connectivity index (χ3n) is 12.4. The number of hydrogen-bond donors (Lipinski definition) is 0. The number of nitrogens with zero attached hydrogens (tertiary/aromatic N) is 1. The van der Waals surface area contributed by atoms with E-state index < -0.39 is 8.80 Å². The highest BCUT2D eigenvalue weighted by molar-refractivity contribution is 7.26. The zero-order valence-corrected chi connectivity index (χ0v) is 33.7.